The van der Waals surface area contributed by atoms with Crippen molar-refractivity contribution in [2.24, 2.45) is 0 Å². The van der Waals surface area contributed by atoms with Crippen LogP contribution in [0.5, 0.6) is 0 Å². The number of carbonyl (C=O) groups excluding carboxylic acids is 1. The molecule has 1 amide bonds. The smallest absolute Gasteiger partial charge is 0.255 e. The summed E-state index contributed by atoms with van der Waals surface area (Å²) in [6.07, 6.45) is 2.22. The van der Waals surface area contributed by atoms with Crippen molar-refractivity contribution in [2.45, 2.75) is 25.8 Å². The number of amides is 1. The molecule has 1 heterocycles. The van der Waals surface area contributed by atoms with Gasteiger partial charge in [0.25, 0.3) is 5.91 Å². The average molecular weight is 347 g/mol. The predicted octanol–water partition coefficient (Wildman–Crippen LogP) is 3.84. The standard InChI is InChI=1S/C12H13Br2NO/c1-8-3-2-6-15(8)12(16)10-7-9(13)4-5-11(10)14/h4-5,7-8H,2-3,6H2,1H3. The number of halogens is 2. The van der Waals surface area contributed by atoms with E-state index in [0.29, 0.717) is 6.04 Å². The first-order chi connectivity index (χ1) is 7.59. The van der Waals surface area contributed by atoms with Crippen molar-refractivity contribution in [3.8, 4) is 0 Å². The van der Waals surface area contributed by atoms with Crippen LogP contribution in [0.25, 0.3) is 0 Å². The van der Waals surface area contributed by atoms with E-state index in [1.807, 2.05) is 23.1 Å². The lowest BCUT2D eigenvalue weighted by Gasteiger charge is -2.22. The Balaban J connectivity index is 2.29. The summed E-state index contributed by atoms with van der Waals surface area (Å²) < 4.78 is 1.80. The van der Waals surface area contributed by atoms with E-state index in [-0.39, 0.29) is 5.91 Å². The SMILES string of the molecule is CC1CCCN1C(=O)c1cc(Br)ccc1Br. The molecule has 0 aliphatic carbocycles. The summed E-state index contributed by atoms with van der Waals surface area (Å²) in [6, 6.07) is 6.06. The molecule has 2 rings (SSSR count). The highest BCUT2D eigenvalue weighted by molar-refractivity contribution is 9.11. The summed E-state index contributed by atoms with van der Waals surface area (Å²) in [5.74, 6) is 0.123. The maximum absolute atomic E-state index is 12.3. The van der Waals surface area contributed by atoms with Crippen LogP contribution in [0.15, 0.2) is 27.1 Å². The topological polar surface area (TPSA) is 20.3 Å². The molecule has 86 valence electrons. The molecule has 0 spiro atoms. The third kappa shape index (κ3) is 2.33. The Morgan fingerprint density at radius 1 is 1.44 bits per heavy atom. The molecule has 0 radical (unpaired) electrons. The summed E-state index contributed by atoms with van der Waals surface area (Å²) in [4.78, 5) is 14.3. The van der Waals surface area contributed by atoms with Gasteiger partial charge in [0.1, 0.15) is 0 Å². The molecular formula is C12H13Br2NO. The Morgan fingerprint density at radius 3 is 2.81 bits per heavy atom. The minimum atomic E-state index is 0.123. The molecule has 16 heavy (non-hydrogen) atoms. The molecule has 1 aliphatic rings. The zero-order valence-corrected chi connectivity index (χ0v) is 12.2. The fraction of sp³-hybridized carbons (Fsp3) is 0.417. The van der Waals surface area contributed by atoms with Crippen molar-refractivity contribution in [2.75, 3.05) is 6.54 Å². The Labute approximate surface area is 112 Å². The molecular weight excluding hydrogens is 334 g/mol. The second kappa shape index (κ2) is 4.88. The molecule has 1 aliphatic heterocycles. The van der Waals surface area contributed by atoms with Crippen LogP contribution in [0.4, 0.5) is 0 Å². The number of benzene rings is 1. The molecule has 1 aromatic rings. The van der Waals surface area contributed by atoms with Crippen molar-refractivity contribution in [1.82, 2.24) is 4.90 Å². The van der Waals surface area contributed by atoms with Gasteiger partial charge in [-0.25, -0.2) is 0 Å². The molecule has 1 saturated heterocycles. The quantitative estimate of drug-likeness (QED) is 0.756. The molecule has 0 saturated carbocycles. The molecule has 1 atom stereocenters. The van der Waals surface area contributed by atoms with E-state index in [1.165, 1.54) is 0 Å². The zero-order chi connectivity index (χ0) is 11.7. The van der Waals surface area contributed by atoms with Gasteiger partial charge >= 0.3 is 0 Å². The number of hydrogen-bond donors (Lipinski definition) is 0. The molecule has 1 aromatic carbocycles. The van der Waals surface area contributed by atoms with E-state index in [9.17, 15) is 4.79 Å². The Bertz CT molecular complexity index is 419. The Hall–Kier alpha value is -0.350. The van der Waals surface area contributed by atoms with E-state index in [4.69, 9.17) is 0 Å². The first-order valence-electron chi connectivity index (χ1n) is 5.35. The average Bonchev–Trinajstić information content (AvgIpc) is 2.67. The lowest BCUT2D eigenvalue weighted by Crippen LogP contribution is -2.33. The van der Waals surface area contributed by atoms with Gasteiger partial charge < -0.3 is 4.90 Å². The zero-order valence-electron chi connectivity index (χ0n) is 9.04. The molecule has 4 heteroatoms. The van der Waals surface area contributed by atoms with Gasteiger partial charge in [-0.3, -0.25) is 4.79 Å². The van der Waals surface area contributed by atoms with Crippen LogP contribution in [0.3, 0.4) is 0 Å². The van der Waals surface area contributed by atoms with Crippen molar-refractivity contribution in [1.29, 1.82) is 0 Å². The molecule has 1 fully saturated rings. The van der Waals surface area contributed by atoms with E-state index >= 15 is 0 Å². The van der Waals surface area contributed by atoms with Crippen molar-refractivity contribution < 1.29 is 4.79 Å². The van der Waals surface area contributed by atoms with E-state index in [0.717, 1.165) is 33.9 Å². The van der Waals surface area contributed by atoms with Crippen LogP contribution >= 0.6 is 31.9 Å². The molecule has 0 N–H and O–H groups in total. The summed E-state index contributed by atoms with van der Waals surface area (Å²) in [6.45, 7) is 2.98. The first-order valence-corrected chi connectivity index (χ1v) is 6.94. The summed E-state index contributed by atoms with van der Waals surface area (Å²) in [5.41, 5.74) is 0.739. The van der Waals surface area contributed by atoms with Gasteiger partial charge in [-0.15, -0.1) is 0 Å². The molecule has 0 aromatic heterocycles. The number of nitrogens with zero attached hydrogens (tertiary/aromatic N) is 1. The third-order valence-electron chi connectivity index (χ3n) is 2.97. The molecule has 2 nitrogen and oxygen atoms in total. The van der Waals surface area contributed by atoms with E-state index < -0.39 is 0 Å². The van der Waals surface area contributed by atoms with E-state index in [1.54, 1.807) is 0 Å². The van der Waals surface area contributed by atoms with E-state index in [2.05, 4.69) is 38.8 Å². The largest absolute Gasteiger partial charge is 0.336 e. The Morgan fingerprint density at radius 2 is 2.19 bits per heavy atom. The fourth-order valence-corrected chi connectivity index (χ4v) is 2.83. The van der Waals surface area contributed by atoms with Gasteiger partial charge in [-0.2, -0.15) is 0 Å². The van der Waals surface area contributed by atoms with Crippen molar-refractivity contribution in [3.05, 3.63) is 32.7 Å². The van der Waals surface area contributed by atoms with Gasteiger partial charge in [-0.05, 0) is 53.9 Å². The second-order valence-corrected chi connectivity index (χ2v) is 5.88. The summed E-state index contributed by atoms with van der Waals surface area (Å²) in [7, 11) is 0. The van der Waals surface area contributed by atoms with Gasteiger partial charge in [-0.1, -0.05) is 15.9 Å². The lowest BCUT2D eigenvalue weighted by molar-refractivity contribution is 0.0746. The molecule has 1 unspecified atom stereocenters. The predicted molar refractivity (Wildman–Crippen MR) is 71.6 cm³/mol. The van der Waals surface area contributed by atoms with Crippen LogP contribution in [-0.4, -0.2) is 23.4 Å². The van der Waals surface area contributed by atoms with Crippen molar-refractivity contribution in [3.63, 3.8) is 0 Å². The normalized spacial score (nSPS) is 20.2. The fourth-order valence-electron chi connectivity index (χ4n) is 2.05. The minimum absolute atomic E-state index is 0.123. The number of likely N-dealkylation sites (tertiary alicyclic amines) is 1. The van der Waals surface area contributed by atoms with Gasteiger partial charge in [0, 0.05) is 21.5 Å². The first kappa shape index (κ1) is 12.1. The van der Waals surface area contributed by atoms with Crippen LogP contribution in [0.2, 0.25) is 0 Å². The number of carbonyl (C=O) groups is 1. The van der Waals surface area contributed by atoms with Crippen LogP contribution in [0, 0.1) is 0 Å². The number of hydrogen-bond acceptors (Lipinski definition) is 1. The highest BCUT2D eigenvalue weighted by Crippen LogP contribution is 2.26. The van der Waals surface area contributed by atoms with Gasteiger partial charge in [0.15, 0.2) is 0 Å². The summed E-state index contributed by atoms with van der Waals surface area (Å²) >= 11 is 6.83. The maximum atomic E-state index is 12.3. The Kier molecular flexibility index (Phi) is 3.70. The minimum Gasteiger partial charge on any atom is -0.336 e. The highest BCUT2D eigenvalue weighted by atomic mass is 79.9. The lowest BCUT2D eigenvalue weighted by atomic mass is 10.2. The maximum Gasteiger partial charge on any atom is 0.255 e. The van der Waals surface area contributed by atoms with Gasteiger partial charge in [0.2, 0.25) is 0 Å². The van der Waals surface area contributed by atoms with Crippen molar-refractivity contribution >= 4 is 37.8 Å². The van der Waals surface area contributed by atoms with Gasteiger partial charge in [0.05, 0.1) is 5.56 Å². The van der Waals surface area contributed by atoms with Crippen LogP contribution in [-0.2, 0) is 0 Å². The summed E-state index contributed by atoms with van der Waals surface area (Å²) in [5, 5.41) is 0. The van der Waals surface area contributed by atoms with Crippen LogP contribution < -0.4 is 0 Å². The highest BCUT2D eigenvalue weighted by Gasteiger charge is 2.27. The monoisotopic (exact) mass is 345 g/mol. The number of rotatable bonds is 1. The van der Waals surface area contributed by atoms with Crippen LogP contribution in [0.1, 0.15) is 30.1 Å². The second-order valence-electron chi connectivity index (χ2n) is 4.11. The third-order valence-corrected chi connectivity index (χ3v) is 4.16. The molecule has 0 bridgehead atoms.